The van der Waals surface area contributed by atoms with E-state index in [1.807, 2.05) is 6.08 Å². The van der Waals surface area contributed by atoms with Crippen molar-refractivity contribution in [3.8, 4) is 0 Å². The van der Waals surface area contributed by atoms with Gasteiger partial charge in [0.15, 0.2) is 5.78 Å². The molecule has 3 heteroatoms. The molecule has 7 atom stereocenters. The van der Waals surface area contributed by atoms with Crippen LogP contribution in [0.4, 0.5) is 0 Å². The van der Waals surface area contributed by atoms with E-state index < -0.39 is 0 Å². The minimum absolute atomic E-state index is 0.0219. The van der Waals surface area contributed by atoms with Gasteiger partial charge in [-0.2, -0.15) is 0 Å². The largest absolute Gasteiger partial charge is 0.458 e. The summed E-state index contributed by atoms with van der Waals surface area (Å²) < 4.78 is 6.05. The molecule has 1 saturated heterocycles. The van der Waals surface area contributed by atoms with E-state index in [9.17, 15) is 9.59 Å². The van der Waals surface area contributed by atoms with Crippen molar-refractivity contribution in [2.75, 3.05) is 0 Å². The number of allylic oxidation sites excluding steroid dienone is 1. The van der Waals surface area contributed by atoms with Gasteiger partial charge >= 0.3 is 5.97 Å². The van der Waals surface area contributed by atoms with Gasteiger partial charge in [-0.15, -0.1) is 0 Å². The van der Waals surface area contributed by atoms with Crippen molar-refractivity contribution in [1.29, 1.82) is 0 Å². The lowest BCUT2D eigenvalue weighted by atomic mass is 9.44. The molecule has 0 amide bonds. The highest BCUT2D eigenvalue weighted by Crippen LogP contribution is 2.70. The number of ketones is 1. The number of carbonyl (C=O) groups is 2. The van der Waals surface area contributed by atoms with Crippen LogP contribution in [0.1, 0.15) is 78.6 Å². The average Bonchev–Trinajstić information content (AvgIpc) is 3.11. The Morgan fingerprint density at radius 1 is 1.00 bits per heavy atom. The van der Waals surface area contributed by atoms with Gasteiger partial charge in [-0.1, -0.05) is 26.3 Å². The molecule has 1 spiro atoms. The van der Waals surface area contributed by atoms with Crippen molar-refractivity contribution in [3.05, 3.63) is 11.6 Å². The fourth-order valence-electron chi connectivity index (χ4n) is 8.20. The van der Waals surface area contributed by atoms with Gasteiger partial charge in [0.05, 0.1) is 0 Å². The topological polar surface area (TPSA) is 43.4 Å². The monoisotopic (exact) mass is 356 g/mol. The Morgan fingerprint density at radius 2 is 1.77 bits per heavy atom. The highest BCUT2D eigenvalue weighted by Gasteiger charge is 2.67. The summed E-state index contributed by atoms with van der Waals surface area (Å²) in [5.74, 6) is 3.05. The van der Waals surface area contributed by atoms with Crippen molar-refractivity contribution in [2.24, 2.45) is 34.5 Å². The smallest absolute Gasteiger partial charge is 0.306 e. The predicted octanol–water partition coefficient (Wildman–Crippen LogP) is 4.84. The van der Waals surface area contributed by atoms with E-state index in [1.54, 1.807) is 0 Å². The lowest BCUT2D eigenvalue weighted by Crippen LogP contribution is -2.56. The number of hydrogen-bond acceptors (Lipinski definition) is 3. The van der Waals surface area contributed by atoms with Crippen LogP contribution in [0.3, 0.4) is 0 Å². The zero-order valence-electron chi connectivity index (χ0n) is 16.5. The van der Waals surface area contributed by atoms with Gasteiger partial charge in [-0.05, 0) is 80.1 Å². The van der Waals surface area contributed by atoms with Crippen LogP contribution in [-0.4, -0.2) is 17.4 Å². The molecule has 5 rings (SSSR count). The van der Waals surface area contributed by atoms with Crippen LogP contribution < -0.4 is 0 Å². The Balaban J connectivity index is 1.53. The average molecular weight is 357 g/mol. The molecule has 0 aromatic carbocycles. The van der Waals surface area contributed by atoms with Crippen LogP contribution in [-0.2, 0) is 14.3 Å². The first kappa shape index (κ1) is 17.0. The molecule has 1 unspecified atom stereocenters. The van der Waals surface area contributed by atoms with Gasteiger partial charge in [-0.3, -0.25) is 9.59 Å². The summed E-state index contributed by atoms with van der Waals surface area (Å²) in [6.45, 7) is 7.29. The van der Waals surface area contributed by atoms with Crippen LogP contribution in [0, 0.1) is 34.5 Å². The summed E-state index contributed by atoms with van der Waals surface area (Å²) in [5, 5.41) is 0. The highest BCUT2D eigenvalue weighted by molar-refractivity contribution is 5.91. The Kier molecular flexibility index (Phi) is 3.42. The lowest BCUT2D eigenvalue weighted by Gasteiger charge is -2.61. The fraction of sp³-hybridized carbons (Fsp3) is 0.826. The molecule has 0 aromatic heterocycles. The second kappa shape index (κ2) is 5.23. The third-order valence-corrected chi connectivity index (χ3v) is 9.64. The van der Waals surface area contributed by atoms with Crippen molar-refractivity contribution < 1.29 is 14.3 Å². The quantitative estimate of drug-likeness (QED) is 0.583. The molecule has 1 heterocycles. The number of carbonyl (C=O) groups excluding carboxylic acids is 2. The fourth-order valence-corrected chi connectivity index (χ4v) is 8.20. The van der Waals surface area contributed by atoms with Gasteiger partial charge in [0.1, 0.15) is 5.60 Å². The summed E-state index contributed by atoms with van der Waals surface area (Å²) in [6, 6.07) is 0. The molecule has 142 valence electrons. The third-order valence-electron chi connectivity index (χ3n) is 9.64. The van der Waals surface area contributed by atoms with Gasteiger partial charge < -0.3 is 4.74 Å². The minimum atomic E-state index is -0.182. The van der Waals surface area contributed by atoms with E-state index in [4.69, 9.17) is 4.74 Å². The van der Waals surface area contributed by atoms with Gasteiger partial charge in [0.25, 0.3) is 0 Å². The lowest BCUT2D eigenvalue weighted by molar-refractivity contribution is -0.170. The van der Waals surface area contributed by atoms with Gasteiger partial charge in [0.2, 0.25) is 0 Å². The summed E-state index contributed by atoms with van der Waals surface area (Å²) in [5.41, 5.74) is 1.62. The van der Waals surface area contributed by atoms with E-state index in [0.29, 0.717) is 35.9 Å². The van der Waals surface area contributed by atoms with Crippen LogP contribution in [0.2, 0.25) is 0 Å². The maximum absolute atomic E-state index is 12.0. The summed E-state index contributed by atoms with van der Waals surface area (Å²) in [4.78, 5) is 24.0. The van der Waals surface area contributed by atoms with Crippen molar-refractivity contribution in [1.82, 2.24) is 0 Å². The zero-order chi connectivity index (χ0) is 18.3. The molecular formula is C23H32O3. The molecule has 5 aliphatic rings. The maximum Gasteiger partial charge on any atom is 0.306 e. The molecule has 0 bridgehead atoms. The van der Waals surface area contributed by atoms with Crippen LogP contribution >= 0.6 is 0 Å². The second-order valence-electron chi connectivity index (χ2n) is 10.5. The molecule has 1 aliphatic heterocycles. The van der Waals surface area contributed by atoms with Crippen molar-refractivity contribution in [3.63, 3.8) is 0 Å². The zero-order valence-corrected chi connectivity index (χ0v) is 16.5. The first-order valence-corrected chi connectivity index (χ1v) is 10.7. The summed E-state index contributed by atoms with van der Waals surface area (Å²) in [7, 11) is 0. The number of hydrogen-bond donors (Lipinski definition) is 0. The predicted molar refractivity (Wildman–Crippen MR) is 99.3 cm³/mol. The van der Waals surface area contributed by atoms with Crippen LogP contribution in [0.15, 0.2) is 11.6 Å². The number of esters is 1. The molecule has 4 fully saturated rings. The molecule has 0 N–H and O–H groups in total. The molecular weight excluding hydrogens is 324 g/mol. The number of fused-ring (bicyclic) bond motifs is 6. The first-order chi connectivity index (χ1) is 12.3. The van der Waals surface area contributed by atoms with E-state index in [2.05, 4.69) is 20.8 Å². The van der Waals surface area contributed by atoms with E-state index >= 15 is 0 Å². The third kappa shape index (κ3) is 1.95. The van der Waals surface area contributed by atoms with Crippen LogP contribution in [0.5, 0.6) is 0 Å². The summed E-state index contributed by atoms with van der Waals surface area (Å²) >= 11 is 0. The van der Waals surface area contributed by atoms with Crippen LogP contribution in [0.25, 0.3) is 0 Å². The molecule has 3 nitrogen and oxygen atoms in total. The molecule has 0 radical (unpaired) electrons. The minimum Gasteiger partial charge on any atom is -0.458 e. The highest BCUT2D eigenvalue weighted by atomic mass is 16.6. The van der Waals surface area contributed by atoms with Gasteiger partial charge in [-0.25, -0.2) is 0 Å². The molecule has 3 saturated carbocycles. The molecule has 26 heavy (non-hydrogen) atoms. The van der Waals surface area contributed by atoms with Gasteiger partial charge in [0, 0.05) is 18.3 Å². The van der Waals surface area contributed by atoms with E-state index in [-0.39, 0.29) is 22.4 Å². The van der Waals surface area contributed by atoms with E-state index in [1.165, 1.54) is 24.8 Å². The Bertz CT molecular complexity index is 708. The van der Waals surface area contributed by atoms with E-state index in [0.717, 1.165) is 32.1 Å². The Labute approximate surface area is 156 Å². The second-order valence-corrected chi connectivity index (χ2v) is 10.5. The maximum atomic E-state index is 12.0. The summed E-state index contributed by atoms with van der Waals surface area (Å²) in [6.07, 6.45) is 11.1. The van der Waals surface area contributed by atoms with Crippen molar-refractivity contribution in [2.45, 2.75) is 84.2 Å². The number of ether oxygens (including phenoxy) is 1. The SMILES string of the molecule is CC1CC2=CC(=O)CC[C@]2(C)[C@H]2CC[C@@]3(C)[C@@H](CC[C@@]34CCC(=O)O4)[C@H]12. The normalized spacial score (nSPS) is 53.0. The first-order valence-electron chi connectivity index (χ1n) is 10.7. The Hall–Kier alpha value is -1.12. The van der Waals surface area contributed by atoms with Crippen molar-refractivity contribution >= 4 is 11.8 Å². The standard InChI is InChI=1S/C23H32O3/c1-14-12-15-13-16(24)4-8-21(15,2)17-5-9-22(3)18(20(14)17)6-10-23(22)11-7-19(25)26-23/h13-14,17-18,20H,4-12H2,1-3H3/t14?,17-,18-,20+,21-,22-,23+/m0/s1. The number of rotatable bonds is 0. The molecule has 0 aromatic rings. The molecule has 4 aliphatic carbocycles. The Morgan fingerprint density at radius 3 is 2.50 bits per heavy atom.